The summed E-state index contributed by atoms with van der Waals surface area (Å²) < 4.78 is 13.0. The third-order valence-electron chi connectivity index (χ3n) is 3.83. The molecule has 0 fully saturated rings. The average molecular weight is 301 g/mol. The van der Waals surface area contributed by atoms with E-state index in [2.05, 4.69) is 24.4 Å². The first-order valence-electron chi connectivity index (χ1n) is 7.37. The number of rotatable bonds is 6. The lowest BCUT2D eigenvalue weighted by atomic mass is 10.0. The minimum atomic E-state index is -1.03. The third-order valence-corrected chi connectivity index (χ3v) is 5.88. The quantitative estimate of drug-likeness (QED) is 0.878. The second-order valence-electron chi connectivity index (χ2n) is 5.19. The molecule has 0 amide bonds. The molecule has 0 aromatic heterocycles. The van der Waals surface area contributed by atoms with Crippen LogP contribution in [0.3, 0.4) is 0 Å². The first-order valence-corrected chi connectivity index (χ1v) is 8.58. The van der Waals surface area contributed by atoms with Gasteiger partial charge in [0.2, 0.25) is 0 Å². The maximum atomic E-state index is 13.0. The molecule has 1 N–H and O–H groups in total. The number of benzene rings is 2. The Kier molecular flexibility index (Phi) is 5.71. The molecule has 0 aliphatic carbocycles. The molecular formula is C18H23NOS. The molecule has 0 heterocycles. The van der Waals surface area contributed by atoms with Gasteiger partial charge >= 0.3 is 0 Å². The van der Waals surface area contributed by atoms with E-state index in [0.717, 1.165) is 16.9 Å². The van der Waals surface area contributed by atoms with Crippen molar-refractivity contribution in [1.82, 2.24) is 5.32 Å². The number of aryl methyl sites for hydroxylation is 1. The lowest BCUT2D eigenvalue weighted by Crippen LogP contribution is -2.32. The number of nitrogens with one attached hydrogen (secondary N) is 1. The van der Waals surface area contributed by atoms with Crippen LogP contribution in [0.15, 0.2) is 59.5 Å². The summed E-state index contributed by atoms with van der Waals surface area (Å²) in [4.78, 5) is 0.945. The Morgan fingerprint density at radius 3 is 2.24 bits per heavy atom. The second-order valence-corrected chi connectivity index (χ2v) is 6.83. The molecule has 3 atom stereocenters. The van der Waals surface area contributed by atoms with E-state index in [1.165, 1.54) is 5.56 Å². The molecule has 2 nitrogen and oxygen atoms in total. The average Bonchev–Trinajstić information content (AvgIpc) is 2.53. The minimum absolute atomic E-state index is 0.0542. The fourth-order valence-electron chi connectivity index (χ4n) is 2.68. The van der Waals surface area contributed by atoms with Crippen molar-refractivity contribution in [2.75, 3.05) is 7.05 Å². The van der Waals surface area contributed by atoms with Crippen molar-refractivity contribution in [1.29, 1.82) is 0 Å². The van der Waals surface area contributed by atoms with Crippen LogP contribution in [0.4, 0.5) is 0 Å². The fraction of sp³-hybridized carbons (Fsp3) is 0.333. The lowest BCUT2D eigenvalue weighted by molar-refractivity contribution is 0.538. The topological polar surface area (TPSA) is 29.1 Å². The van der Waals surface area contributed by atoms with Gasteiger partial charge in [-0.15, -0.1) is 0 Å². The van der Waals surface area contributed by atoms with Crippen molar-refractivity contribution in [3.05, 3.63) is 65.7 Å². The van der Waals surface area contributed by atoms with Crippen LogP contribution in [0, 0.1) is 6.92 Å². The molecule has 0 saturated carbocycles. The Morgan fingerprint density at radius 1 is 1.05 bits per heavy atom. The summed E-state index contributed by atoms with van der Waals surface area (Å²) in [5, 5.41) is 3.40. The molecule has 112 valence electrons. The zero-order chi connectivity index (χ0) is 15.2. The summed E-state index contributed by atoms with van der Waals surface area (Å²) in [7, 11) is 0.914. The van der Waals surface area contributed by atoms with Crippen LogP contribution in [0.1, 0.15) is 30.5 Å². The van der Waals surface area contributed by atoms with Gasteiger partial charge in [0.25, 0.3) is 0 Å². The Hall–Kier alpha value is -1.45. The summed E-state index contributed by atoms with van der Waals surface area (Å²) in [6.45, 7) is 4.13. The molecule has 2 rings (SSSR count). The Bertz CT molecular complexity index is 597. The van der Waals surface area contributed by atoms with Crippen LogP contribution in [0.2, 0.25) is 0 Å². The summed E-state index contributed by atoms with van der Waals surface area (Å²) in [5.41, 5.74) is 2.28. The normalized spacial score (nSPS) is 15.4. The Labute approximate surface area is 130 Å². The van der Waals surface area contributed by atoms with E-state index < -0.39 is 10.8 Å². The van der Waals surface area contributed by atoms with Crippen LogP contribution >= 0.6 is 0 Å². The largest absolute Gasteiger partial charge is 0.312 e. The van der Waals surface area contributed by atoms with Crippen molar-refractivity contribution >= 4 is 10.8 Å². The van der Waals surface area contributed by atoms with Gasteiger partial charge in [-0.05, 0) is 37.6 Å². The Morgan fingerprint density at radius 2 is 1.67 bits per heavy atom. The molecule has 0 spiro atoms. The minimum Gasteiger partial charge on any atom is -0.312 e. The smallest absolute Gasteiger partial charge is 0.0587 e. The van der Waals surface area contributed by atoms with Crippen LogP contribution in [-0.4, -0.2) is 16.5 Å². The van der Waals surface area contributed by atoms with Gasteiger partial charge in [0.1, 0.15) is 0 Å². The van der Waals surface area contributed by atoms with E-state index >= 15 is 0 Å². The van der Waals surface area contributed by atoms with Crippen molar-refractivity contribution in [2.45, 2.75) is 36.5 Å². The molecule has 2 aromatic rings. The predicted octanol–water partition coefficient (Wildman–Crippen LogP) is 3.84. The molecule has 0 bridgehead atoms. The van der Waals surface area contributed by atoms with Crippen molar-refractivity contribution < 1.29 is 4.21 Å². The highest BCUT2D eigenvalue weighted by Crippen LogP contribution is 2.27. The molecule has 2 aromatic carbocycles. The van der Waals surface area contributed by atoms with E-state index in [-0.39, 0.29) is 11.3 Å². The summed E-state index contributed by atoms with van der Waals surface area (Å²) in [6.07, 6.45) is 0.862. The van der Waals surface area contributed by atoms with Gasteiger partial charge < -0.3 is 5.32 Å². The second kappa shape index (κ2) is 7.53. The molecule has 0 saturated heterocycles. The van der Waals surface area contributed by atoms with Crippen LogP contribution in [0.5, 0.6) is 0 Å². The van der Waals surface area contributed by atoms with Gasteiger partial charge in [-0.3, -0.25) is 4.21 Å². The van der Waals surface area contributed by atoms with Gasteiger partial charge in [-0.1, -0.05) is 55.5 Å². The van der Waals surface area contributed by atoms with Gasteiger partial charge in [-0.2, -0.15) is 0 Å². The van der Waals surface area contributed by atoms with Crippen molar-refractivity contribution in [3.8, 4) is 0 Å². The number of hydrogen-bond acceptors (Lipinski definition) is 2. The van der Waals surface area contributed by atoms with Gasteiger partial charge in [0.05, 0.1) is 16.0 Å². The highest BCUT2D eigenvalue weighted by Gasteiger charge is 2.27. The van der Waals surface area contributed by atoms with Gasteiger partial charge in [-0.25, -0.2) is 0 Å². The zero-order valence-corrected chi connectivity index (χ0v) is 13.7. The Balaban J connectivity index is 2.34. The standard InChI is InChI=1S/C18H23NOS/c1-4-16(18(19-3)15-11-6-5-7-12-15)21(20)17-13-9-8-10-14(17)2/h5-13,16,18-19H,4H2,1-3H3. The van der Waals surface area contributed by atoms with Gasteiger partial charge in [0.15, 0.2) is 0 Å². The van der Waals surface area contributed by atoms with E-state index in [1.807, 2.05) is 56.4 Å². The highest BCUT2D eigenvalue weighted by molar-refractivity contribution is 7.85. The lowest BCUT2D eigenvalue weighted by Gasteiger charge is -2.26. The predicted molar refractivity (Wildman–Crippen MR) is 89.9 cm³/mol. The first kappa shape index (κ1) is 15.9. The number of hydrogen-bond donors (Lipinski definition) is 1. The van der Waals surface area contributed by atoms with E-state index in [4.69, 9.17) is 0 Å². The fourth-order valence-corrected chi connectivity index (χ4v) is 4.45. The molecule has 3 heteroatoms. The maximum Gasteiger partial charge on any atom is 0.0587 e. The van der Waals surface area contributed by atoms with E-state index in [0.29, 0.717) is 0 Å². The van der Waals surface area contributed by atoms with Crippen LogP contribution in [-0.2, 0) is 10.8 Å². The summed E-state index contributed by atoms with van der Waals surface area (Å²) in [5.74, 6) is 0. The van der Waals surface area contributed by atoms with Gasteiger partial charge in [0, 0.05) is 10.9 Å². The third kappa shape index (κ3) is 3.60. The highest BCUT2D eigenvalue weighted by atomic mass is 32.2. The van der Waals surface area contributed by atoms with E-state index in [1.54, 1.807) is 0 Å². The maximum absolute atomic E-state index is 13.0. The van der Waals surface area contributed by atoms with E-state index in [9.17, 15) is 4.21 Å². The first-order chi connectivity index (χ1) is 10.2. The van der Waals surface area contributed by atoms with Crippen LogP contribution < -0.4 is 5.32 Å². The molecule has 0 aliphatic heterocycles. The van der Waals surface area contributed by atoms with Crippen molar-refractivity contribution in [3.63, 3.8) is 0 Å². The van der Waals surface area contributed by atoms with Crippen molar-refractivity contribution in [2.24, 2.45) is 0 Å². The summed E-state index contributed by atoms with van der Waals surface area (Å²) in [6, 6.07) is 18.3. The zero-order valence-electron chi connectivity index (χ0n) is 12.9. The SMILES string of the molecule is CCC(C(NC)c1ccccc1)S(=O)c1ccccc1C. The molecule has 0 radical (unpaired) electrons. The molecule has 21 heavy (non-hydrogen) atoms. The monoisotopic (exact) mass is 301 g/mol. The molecule has 3 unspecified atom stereocenters. The van der Waals surface area contributed by atoms with Crippen LogP contribution in [0.25, 0.3) is 0 Å². The molecular weight excluding hydrogens is 278 g/mol. The molecule has 0 aliphatic rings. The summed E-state index contributed by atoms with van der Waals surface area (Å²) >= 11 is 0.